The molecule has 2 aromatic carbocycles. The summed E-state index contributed by atoms with van der Waals surface area (Å²) in [7, 11) is 0. The van der Waals surface area contributed by atoms with E-state index >= 15 is 0 Å². The van der Waals surface area contributed by atoms with Crippen LogP contribution in [-0.2, 0) is 10.5 Å². The number of nitrogens with zero attached hydrogens (tertiary/aromatic N) is 1. The van der Waals surface area contributed by atoms with Crippen molar-refractivity contribution in [3.63, 3.8) is 0 Å². The summed E-state index contributed by atoms with van der Waals surface area (Å²) in [5, 5.41) is 7.59. The second kappa shape index (κ2) is 8.44. The van der Waals surface area contributed by atoms with E-state index in [1.54, 1.807) is 36.4 Å². The van der Waals surface area contributed by atoms with Gasteiger partial charge in [0.25, 0.3) is 0 Å². The molecule has 1 heterocycles. The molecule has 0 fully saturated rings. The molecular weight excluding hydrogens is 397 g/mol. The number of rotatable bonds is 6. The number of anilines is 1. The molecule has 134 valence electrons. The smallest absolute Gasteiger partial charge is 0.325 e. The van der Waals surface area contributed by atoms with Gasteiger partial charge in [-0.05, 0) is 29.8 Å². The lowest BCUT2D eigenvalue weighted by molar-refractivity contribution is -0.113. The van der Waals surface area contributed by atoms with Gasteiger partial charge >= 0.3 is 5.76 Å². The Morgan fingerprint density at radius 3 is 2.81 bits per heavy atom. The van der Waals surface area contributed by atoms with Gasteiger partial charge in [-0.15, -0.1) is 11.8 Å². The predicted molar refractivity (Wildman–Crippen MR) is 104 cm³/mol. The van der Waals surface area contributed by atoms with Crippen molar-refractivity contribution in [1.29, 1.82) is 0 Å². The van der Waals surface area contributed by atoms with Crippen LogP contribution in [0.15, 0.2) is 51.8 Å². The van der Waals surface area contributed by atoms with Gasteiger partial charge in [0.05, 0.1) is 5.75 Å². The fourth-order valence-corrected chi connectivity index (χ4v) is 3.57. The monoisotopic (exact) mass is 409 g/mol. The van der Waals surface area contributed by atoms with E-state index in [1.807, 2.05) is 6.07 Å². The first-order valence-corrected chi connectivity index (χ1v) is 9.40. The lowest BCUT2D eigenvalue weighted by Gasteiger charge is -2.07. The van der Waals surface area contributed by atoms with Gasteiger partial charge in [-0.3, -0.25) is 14.3 Å². The zero-order chi connectivity index (χ0) is 18.5. The van der Waals surface area contributed by atoms with Crippen molar-refractivity contribution in [1.82, 2.24) is 10.1 Å². The van der Waals surface area contributed by atoms with E-state index in [2.05, 4.69) is 20.0 Å². The van der Waals surface area contributed by atoms with Crippen molar-refractivity contribution in [2.45, 2.75) is 5.75 Å². The number of hydrogen-bond acceptors (Lipinski definition) is 5. The van der Waals surface area contributed by atoms with E-state index in [1.165, 1.54) is 11.8 Å². The maximum atomic E-state index is 12.1. The van der Waals surface area contributed by atoms with Crippen LogP contribution in [0, 0.1) is 0 Å². The molecule has 0 radical (unpaired) electrons. The van der Waals surface area contributed by atoms with Crippen molar-refractivity contribution in [3.8, 4) is 11.4 Å². The minimum atomic E-state index is -0.633. The van der Waals surface area contributed by atoms with Crippen molar-refractivity contribution >= 4 is 46.6 Å². The topological polar surface area (TPSA) is 88.0 Å². The van der Waals surface area contributed by atoms with Gasteiger partial charge in [-0.25, -0.2) is 4.79 Å². The third-order valence-corrected chi connectivity index (χ3v) is 4.93. The van der Waals surface area contributed by atoms with Crippen molar-refractivity contribution < 1.29 is 9.32 Å². The predicted octanol–water partition coefficient (Wildman–Crippen LogP) is 4.21. The summed E-state index contributed by atoms with van der Waals surface area (Å²) in [4.78, 5) is 25.6. The van der Waals surface area contributed by atoms with Crippen LogP contribution in [0.5, 0.6) is 0 Å². The normalized spacial score (nSPS) is 10.7. The summed E-state index contributed by atoms with van der Waals surface area (Å²) < 4.78 is 4.48. The molecule has 26 heavy (non-hydrogen) atoms. The highest BCUT2D eigenvalue weighted by molar-refractivity contribution is 7.99. The number of hydrogen-bond donors (Lipinski definition) is 2. The molecule has 0 saturated heterocycles. The van der Waals surface area contributed by atoms with E-state index in [-0.39, 0.29) is 11.7 Å². The number of benzene rings is 2. The fourth-order valence-electron chi connectivity index (χ4n) is 2.19. The zero-order valence-corrected chi connectivity index (χ0v) is 15.6. The lowest BCUT2D eigenvalue weighted by atomic mass is 10.2. The molecule has 0 spiro atoms. The number of halogens is 2. The first-order valence-electron chi connectivity index (χ1n) is 7.49. The average Bonchev–Trinajstić information content (AvgIpc) is 3.04. The second-order valence-corrected chi connectivity index (χ2v) is 7.13. The zero-order valence-electron chi connectivity index (χ0n) is 13.3. The van der Waals surface area contributed by atoms with E-state index < -0.39 is 5.76 Å². The number of aromatic nitrogens is 2. The fraction of sp³-hybridized carbons (Fsp3) is 0.118. The third-order valence-electron chi connectivity index (χ3n) is 3.37. The van der Waals surface area contributed by atoms with Gasteiger partial charge in [0.2, 0.25) is 5.91 Å². The second-order valence-electron chi connectivity index (χ2n) is 5.30. The van der Waals surface area contributed by atoms with Crippen molar-refractivity contribution in [2.75, 3.05) is 11.1 Å². The summed E-state index contributed by atoms with van der Waals surface area (Å²) in [5.41, 5.74) is 2.15. The molecule has 9 heteroatoms. The van der Waals surface area contributed by atoms with Crippen LogP contribution in [0.3, 0.4) is 0 Å². The van der Waals surface area contributed by atoms with Gasteiger partial charge in [-0.1, -0.05) is 46.6 Å². The minimum Gasteiger partial charge on any atom is -0.325 e. The number of thioether (sulfide) groups is 1. The summed E-state index contributed by atoms with van der Waals surface area (Å²) >= 11 is 13.4. The van der Waals surface area contributed by atoms with Gasteiger partial charge in [-0.2, -0.15) is 0 Å². The standard InChI is InChI=1S/C17H13Cl2N3O3S/c18-12-5-4-11(14(19)7-12)8-26-9-15(23)20-13-3-1-2-10(6-13)16-21-17(24)25-22-16/h1-7H,8-9H2,(H,20,23)(H,21,22,24). The highest BCUT2D eigenvalue weighted by Gasteiger charge is 2.08. The maximum Gasteiger partial charge on any atom is 0.439 e. The lowest BCUT2D eigenvalue weighted by Crippen LogP contribution is -2.14. The van der Waals surface area contributed by atoms with Crippen LogP contribution in [0.4, 0.5) is 5.69 Å². The Labute approximate surface area is 162 Å². The van der Waals surface area contributed by atoms with E-state index in [9.17, 15) is 9.59 Å². The van der Waals surface area contributed by atoms with Crippen molar-refractivity contribution in [2.24, 2.45) is 0 Å². The number of carbonyl (C=O) groups excluding carboxylic acids is 1. The molecule has 0 bridgehead atoms. The minimum absolute atomic E-state index is 0.147. The van der Waals surface area contributed by atoms with Gasteiger partial charge in [0.15, 0.2) is 5.82 Å². The van der Waals surface area contributed by atoms with Gasteiger partial charge < -0.3 is 5.32 Å². The molecule has 3 rings (SSSR count). The Balaban J connectivity index is 1.56. The molecule has 0 saturated carbocycles. The first-order chi connectivity index (χ1) is 12.5. The molecule has 0 atom stereocenters. The molecule has 6 nitrogen and oxygen atoms in total. The van der Waals surface area contributed by atoms with Gasteiger partial charge in [0.1, 0.15) is 0 Å². The first kappa shape index (κ1) is 18.6. The summed E-state index contributed by atoms with van der Waals surface area (Å²) in [6, 6.07) is 12.2. The third kappa shape index (κ3) is 4.91. The largest absolute Gasteiger partial charge is 0.439 e. The molecule has 0 aliphatic heterocycles. The van der Waals surface area contributed by atoms with E-state index in [4.69, 9.17) is 23.2 Å². The summed E-state index contributed by atoms with van der Waals surface area (Å²) in [6.45, 7) is 0. The van der Waals surface area contributed by atoms with Crippen LogP contribution in [0.1, 0.15) is 5.56 Å². The van der Waals surface area contributed by atoms with E-state index in [0.29, 0.717) is 32.9 Å². The quantitative estimate of drug-likeness (QED) is 0.636. The van der Waals surface area contributed by atoms with Crippen LogP contribution < -0.4 is 11.1 Å². The highest BCUT2D eigenvalue weighted by atomic mass is 35.5. The Hall–Kier alpha value is -2.22. The molecule has 2 N–H and O–H groups in total. The Bertz CT molecular complexity index is 987. The Kier molecular flexibility index (Phi) is 6.03. The number of carbonyl (C=O) groups is 1. The van der Waals surface area contributed by atoms with E-state index in [0.717, 1.165) is 5.56 Å². The molecule has 1 amide bonds. The summed E-state index contributed by atoms with van der Waals surface area (Å²) in [5.74, 6) is 0.392. The Morgan fingerprint density at radius 1 is 1.23 bits per heavy atom. The number of aromatic amines is 1. The van der Waals surface area contributed by atoms with Crippen LogP contribution in [0.2, 0.25) is 10.0 Å². The number of H-pyrrole nitrogens is 1. The Morgan fingerprint density at radius 2 is 2.08 bits per heavy atom. The van der Waals surface area contributed by atoms with Crippen LogP contribution in [0.25, 0.3) is 11.4 Å². The summed E-state index contributed by atoms with van der Waals surface area (Å²) in [6.07, 6.45) is 0. The molecule has 0 aliphatic carbocycles. The number of nitrogens with one attached hydrogen (secondary N) is 2. The van der Waals surface area contributed by atoms with Crippen molar-refractivity contribution in [3.05, 3.63) is 68.6 Å². The highest BCUT2D eigenvalue weighted by Crippen LogP contribution is 2.25. The van der Waals surface area contributed by atoms with Crippen LogP contribution >= 0.6 is 35.0 Å². The molecule has 0 aliphatic rings. The van der Waals surface area contributed by atoms with Gasteiger partial charge in [0, 0.05) is 27.0 Å². The molecular formula is C17H13Cl2N3O3S. The molecule has 0 unspecified atom stereocenters. The molecule has 3 aromatic rings. The number of amides is 1. The van der Waals surface area contributed by atoms with Crippen LogP contribution in [-0.4, -0.2) is 21.8 Å². The SMILES string of the molecule is O=C(CSCc1ccc(Cl)cc1Cl)Nc1cccc(-c2noc(=O)[nH]2)c1. The maximum absolute atomic E-state index is 12.1. The molecule has 1 aromatic heterocycles. The average molecular weight is 410 g/mol.